The molecule has 3 aromatic carbocycles. The van der Waals surface area contributed by atoms with Crippen LogP contribution in [0.2, 0.25) is 5.02 Å². The van der Waals surface area contributed by atoms with E-state index >= 15 is 0 Å². The summed E-state index contributed by atoms with van der Waals surface area (Å²) in [7, 11) is 2.95. The summed E-state index contributed by atoms with van der Waals surface area (Å²) in [5.74, 6) is -0.144. The van der Waals surface area contributed by atoms with E-state index in [0.717, 1.165) is 5.56 Å². The Kier molecular flexibility index (Phi) is 9.62. The molecule has 3 aromatic rings. The first-order valence-electron chi connectivity index (χ1n) is 13.1. The van der Waals surface area contributed by atoms with Crippen molar-refractivity contribution in [2.24, 2.45) is 0 Å². The van der Waals surface area contributed by atoms with Crippen LogP contribution in [0.15, 0.2) is 54.6 Å². The largest absolute Gasteiger partial charge is 0.497 e. The zero-order valence-corrected chi connectivity index (χ0v) is 24.0. The van der Waals surface area contributed by atoms with Gasteiger partial charge in [-0.05, 0) is 36.6 Å². The molecule has 12 heteroatoms. The van der Waals surface area contributed by atoms with E-state index in [4.69, 9.17) is 35.7 Å². The number of methoxy groups -OCH3 is 2. The van der Waals surface area contributed by atoms with Crippen molar-refractivity contribution in [1.82, 2.24) is 0 Å². The summed E-state index contributed by atoms with van der Waals surface area (Å²) in [5.41, 5.74) is 2.24. The Hall–Kier alpha value is -4.25. The molecule has 0 bridgehead atoms. The minimum Gasteiger partial charge on any atom is -0.497 e. The van der Waals surface area contributed by atoms with Gasteiger partial charge in [0.05, 0.1) is 26.5 Å². The number of ether oxygens (including phenoxy) is 4. The normalized spacial score (nSPS) is 13.2. The van der Waals surface area contributed by atoms with E-state index in [-0.39, 0.29) is 24.7 Å². The van der Waals surface area contributed by atoms with Crippen molar-refractivity contribution in [2.75, 3.05) is 37.6 Å². The highest BCUT2D eigenvalue weighted by atomic mass is 35.5. The molecule has 1 aliphatic heterocycles. The van der Waals surface area contributed by atoms with E-state index in [1.54, 1.807) is 42.5 Å². The van der Waals surface area contributed by atoms with Crippen LogP contribution in [0.25, 0.3) is 0 Å². The number of carbonyl (C=O) groups excluding carboxylic acids is 1. The number of aliphatic carboxylic acids is 1. The number of fused-ring (bicyclic) bond motifs is 1. The summed E-state index contributed by atoms with van der Waals surface area (Å²) in [5, 5.41) is 12.6. The number of anilines is 2. The van der Waals surface area contributed by atoms with Crippen molar-refractivity contribution in [3.05, 3.63) is 70.7 Å². The predicted molar refractivity (Wildman–Crippen MR) is 153 cm³/mol. The number of carboxylic acid groups (broad SMARTS) is 1. The Bertz CT molecular complexity index is 1450. The molecule has 0 fully saturated rings. The van der Waals surface area contributed by atoms with Crippen molar-refractivity contribution in [3.8, 4) is 23.0 Å². The Labute approximate surface area is 246 Å². The van der Waals surface area contributed by atoms with Crippen molar-refractivity contribution < 1.29 is 42.4 Å². The molecule has 1 unspecified atom stereocenters. The number of benzene rings is 3. The van der Waals surface area contributed by atoms with Gasteiger partial charge in [0.1, 0.15) is 29.0 Å². The molecule has 1 amide bonds. The van der Waals surface area contributed by atoms with Gasteiger partial charge in [-0.2, -0.15) is 8.78 Å². The van der Waals surface area contributed by atoms with Gasteiger partial charge < -0.3 is 34.3 Å². The Morgan fingerprint density at radius 1 is 1.05 bits per heavy atom. The number of nitrogens with zero attached hydrogens (tertiary/aromatic N) is 1. The molecule has 0 aliphatic carbocycles. The highest BCUT2D eigenvalue weighted by Crippen LogP contribution is 2.39. The lowest BCUT2D eigenvalue weighted by Crippen LogP contribution is -2.37. The fraction of sp³-hybridized carbons (Fsp3) is 0.333. The molecular formula is C30H31ClF2N2O7. The average molecular weight is 605 g/mol. The van der Waals surface area contributed by atoms with Gasteiger partial charge in [0.2, 0.25) is 0 Å². The second-order valence-electron chi connectivity index (χ2n) is 9.65. The van der Waals surface area contributed by atoms with E-state index in [2.05, 4.69) is 5.32 Å². The van der Waals surface area contributed by atoms with E-state index in [1.807, 2.05) is 0 Å². The number of hydrogen-bond acceptors (Lipinski definition) is 7. The topological polar surface area (TPSA) is 107 Å². The molecule has 0 radical (unpaired) electrons. The first kappa shape index (κ1) is 30.7. The number of nitrogens with one attached hydrogen (secondary N) is 1. The molecule has 4 rings (SSSR count). The van der Waals surface area contributed by atoms with Crippen LogP contribution in [-0.2, 0) is 16.0 Å². The molecule has 42 heavy (non-hydrogen) atoms. The van der Waals surface area contributed by atoms with E-state index in [1.165, 1.54) is 31.3 Å². The Morgan fingerprint density at radius 2 is 1.81 bits per heavy atom. The maximum absolute atomic E-state index is 14.2. The van der Waals surface area contributed by atoms with Crippen LogP contribution in [0.4, 0.5) is 20.2 Å². The monoisotopic (exact) mass is 604 g/mol. The van der Waals surface area contributed by atoms with Gasteiger partial charge in [-0.3, -0.25) is 9.59 Å². The molecule has 1 atom stereocenters. The summed E-state index contributed by atoms with van der Waals surface area (Å²) in [4.78, 5) is 26.6. The number of halogens is 3. The van der Waals surface area contributed by atoms with Crippen LogP contribution in [-0.4, -0.2) is 50.5 Å². The summed E-state index contributed by atoms with van der Waals surface area (Å²) in [6, 6.07) is 13.4. The Morgan fingerprint density at radius 3 is 2.50 bits per heavy atom. The molecule has 1 aliphatic rings. The second-order valence-corrected chi connectivity index (χ2v) is 10.1. The van der Waals surface area contributed by atoms with E-state index < -0.39 is 18.1 Å². The summed E-state index contributed by atoms with van der Waals surface area (Å²) >= 11 is 6.20. The van der Waals surface area contributed by atoms with Gasteiger partial charge in [-0.1, -0.05) is 23.7 Å². The lowest BCUT2D eigenvalue weighted by atomic mass is 10.0. The van der Waals surface area contributed by atoms with Gasteiger partial charge in [0.15, 0.2) is 0 Å². The van der Waals surface area contributed by atoms with Gasteiger partial charge >= 0.3 is 12.1 Å². The highest BCUT2D eigenvalue weighted by molar-refractivity contribution is 6.30. The van der Waals surface area contributed by atoms with Gasteiger partial charge in [0, 0.05) is 60.4 Å². The molecule has 0 spiro atoms. The zero-order chi connectivity index (χ0) is 30.4. The molecule has 0 saturated heterocycles. The summed E-state index contributed by atoms with van der Waals surface area (Å²) in [6.45, 7) is 1.14. The maximum Gasteiger partial charge on any atom is 0.394 e. The minimum absolute atomic E-state index is 0.0397. The molecule has 2 N–H and O–H groups in total. The minimum atomic E-state index is -3.39. The summed E-state index contributed by atoms with van der Waals surface area (Å²) < 4.78 is 48.6. The van der Waals surface area contributed by atoms with Gasteiger partial charge in [0.25, 0.3) is 5.91 Å². The van der Waals surface area contributed by atoms with Crippen LogP contribution in [0.5, 0.6) is 23.0 Å². The van der Waals surface area contributed by atoms with E-state index in [0.29, 0.717) is 65.5 Å². The zero-order valence-electron chi connectivity index (χ0n) is 23.3. The lowest BCUT2D eigenvalue weighted by molar-refractivity contribution is -0.158. The lowest BCUT2D eigenvalue weighted by Gasteiger charge is -2.27. The van der Waals surface area contributed by atoms with Crippen molar-refractivity contribution in [1.29, 1.82) is 0 Å². The number of rotatable bonds is 13. The molecule has 9 nitrogen and oxygen atoms in total. The molecule has 0 saturated carbocycles. The molecular weight excluding hydrogens is 574 g/mol. The standard InChI is InChI=1S/C30H31ClF2N2O7/c1-30(32,33)42-21-8-6-18-10-11-35(25(18)17-21)29(38)28(24-9-7-19(31)13-26(24)40-3)34-20-14-22(39-2)16-23(15-20)41-12-4-5-27(36)37/h6-9,13-17,28,34H,4-5,10-12H2,1-3H3,(H,36,37). The van der Waals surface area contributed by atoms with E-state index in [9.17, 15) is 18.4 Å². The maximum atomic E-state index is 14.2. The quantitative estimate of drug-likeness (QED) is 0.218. The first-order valence-corrected chi connectivity index (χ1v) is 13.5. The fourth-order valence-electron chi connectivity index (χ4n) is 4.65. The molecule has 0 aromatic heterocycles. The molecule has 1 heterocycles. The third-order valence-electron chi connectivity index (χ3n) is 6.50. The first-order chi connectivity index (χ1) is 20.0. The average Bonchev–Trinajstić information content (AvgIpc) is 3.36. The van der Waals surface area contributed by atoms with Gasteiger partial charge in [-0.25, -0.2) is 0 Å². The van der Waals surface area contributed by atoms with Crippen LogP contribution < -0.4 is 29.2 Å². The van der Waals surface area contributed by atoms with Crippen molar-refractivity contribution in [3.63, 3.8) is 0 Å². The predicted octanol–water partition coefficient (Wildman–Crippen LogP) is 6.33. The SMILES string of the molecule is COc1cc(NC(C(=O)N2CCc3ccc(OC(C)(F)F)cc32)c2ccc(Cl)cc2OC)cc(OCCCC(=O)O)c1. The van der Waals surface area contributed by atoms with Crippen LogP contribution in [0, 0.1) is 0 Å². The van der Waals surface area contributed by atoms with Crippen LogP contribution >= 0.6 is 11.6 Å². The fourth-order valence-corrected chi connectivity index (χ4v) is 4.81. The van der Waals surface area contributed by atoms with Crippen LogP contribution in [0.3, 0.4) is 0 Å². The second kappa shape index (κ2) is 13.2. The van der Waals surface area contributed by atoms with Crippen molar-refractivity contribution in [2.45, 2.75) is 38.3 Å². The molecule has 224 valence electrons. The third kappa shape index (κ3) is 7.73. The smallest absolute Gasteiger partial charge is 0.394 e. The number of alkyl halides is 2. The Balaban J connectivity index is 1.70. The number of carbonyl (C=O) groups is 2. The third-order valence-corrected chi connectivity index (χ3v) is 6.73. The number of amides is 1. The van der Waals surface area contributed by atoms with Crippen LogP contribution in [0.1, 0.15) is 36.9 Å². The summed E-state index contributed by atoms with van der Waals surface area (Å²) in [6.07, 6.45) is -2.59. The number of hydrogen-bond donors (Lipinski definition) is 2. The highest BCUT2D eigenvalue weighted by Gasteiger charge is 2.34. The number of carboxylic acids is 1. The van der Waals surface area contributed by atoms with Gasteiger partial charge in [-0.15, -0.1) is 0 Å². The van der Waals surface area contributed by atoms with Crippen molar-refractivity contribution >= 4 is 34.9 Å².